The van der Waals surface area contributed by atoms with Crippen LogP contribution in [0.15, 0.2) is 22.7 Å². The quantitative estimate of drug-likeness (QED) is 0.524. The predicted octanol–water partition coefficient (Wildman–Crippen LogP) is 2.72. The van der Waals surface area contributed by atoms with Crippen LogP contribution in [0.2, 0.25) is 0 Å². The molecule has 1 rings (SSSR count). The van der Waals surface area contributed by atoms with E-state index in [1.807, 2.05) is 0 Å². The number of hydrogen-bond acceptors (Lipinski definition) is 4. The van der Waals surface area contributed by atoms with E-state index in [9.17, 15) is 18.0 Å². The van der Waals surface area contributed by atoms with Crippen LogP contribution < -0.4 is 5.73 Å². The zero-order valence-corrected chi connectivity index (χ0v) is 10.5. The average Bonchev–Trinajstić information content (AvgIpc) is 2.26. The van der Waals surface area contributed by atoms with Crippen molar-refractivity contribution in [1.29, 1.82) is 0 Å². The molecule has 0 radical (unpaired) electrons. The van der Waals surface area contributed by atoms with Gasteiger partial charge in [-0.05, 0) is 28.1 Å². The van der Waals surface area contributed by atoms with Crippen LogP contribution in [0, 0.1) is 0 Å². The van der Waals surface area contributed by atoms with Crippen LogP contribution in [-0.4, -0.2) is 25.5 Å². The number of halogens is 4. The molecule has 0 aliphatic heterocycles. The molecule has 0 fully saturated rings. The number of nitrogens with two attached hydrogens (primary N) is 1. The van der Waals surface area contributed by atoms with Gasteiger partial charge in [0.1, 0.15) is 6.61 Å². The second-order valence-electron chi connectivity index (χ2n) is 3.14. The van der Waals surface area contributed by atoms with Gasteiger partial charge in [0.15, 0.2) is 0 Å². The monoisotopic (exact) mass is 327 g/mol. The highest BCUT2D eigenvalue weighted by molar-refractivity contribution is 9.10. The van der Waals surface area contributed by atoms with E-state index in [1.54, 1.807) is 6.07 Å². The van der Waals surface area contributed by atoms with Gasteiger partial charge in [-0.2, -0.15) is 0 Å². The number of hydrogen-bond donors (Lipinski definition) is 1. The summed E-state index contributed by atoms with van der Waals surface area (Å²) in [6.45, 7) is -1.26. The summed E-state index contributed by atoms with van der Waals surface area (Å²) in [5.41, 5.74) is 6.01. The number of ether oxygens (including phenoxy) is 2. The van der Waals surface area contributed by atoms with Crippen LogP contribution in [0.5, 0.6) is 0 Å². The third kappa shape index (κ3) is 4.53. The lowest BCUT2D eigenvalue weighted by Crippen LogP contribution is -2.19. The van der Waals surface area contributed by atoms with E-state index >= 15 is 0 Å². The molecule has 2 N–H and O–H groups in total. The minimum atomic E-state index is -4.73. The number of esters is 1. The molecule has 8 heteroatoms. The summed E-state index contributed by atoms with van der Waals surface area (Å²) in [5.74, 6) is -0.778. The van der Waals surface area contributed by atoms with Gasteiger partial charge in [0, 0.05) is 5.69 Å². The third-order valence-corrected chi connectivity index (χ3v) is 2.72. The summed E-state index contributed by atoms with van der Waals surface area (Å²) in [6, 6.07) is 4.53. The van der Waals surface area contributed by atoms with Gasteiger partial charge in [-0.15, -0.1) is 13.2 Å². The Hall–Kier alpha value is -1.28. The molecule has 1 aromatic rings. The SMILES string of the molecule is Nc1cccc(C(=O)OCCOC(F)(F)F)c1Br. The Kier molecular flexibility index (Phi) is 4.97. The van der Waals surface area contributed by atoms with E-state index in [0.29, 0.717) is 10.2 Å². The average molecular weight is 328 g/mol. The van der Waals surface area contributed by atoms with Crippen LogP contribution >= 0.6 is 15.9 Å². The molecule has 0 saturated carbocycles. The van der Waals surface area contributed by atoms with Gasteiger partial charge in [-0.1, -0.05) is 6.07 Å². The molecule has 0 heterocycles. The van der Waals surface area contributed by atoms with Gasteiger partial charge >= 0.3 is 12.3 Å². The summed E-state index contributed by atoms with van der Waals surface area (Å²) in [6.07, 6.45) is -4.73. The number of carbonyl (C=O) groups is 1. The van der Waals surface area contributed by atoms with Gasteiger partial charge < -0.3 is 10.5 Å². The molecule has 0 bridgehead atoms. The van der Waals surface area contributed by atoms with E-state index < -0.39 is 25.5 Å². The highest BCUT2D eigenvalue weighted by atomic mass is 79.9. The van der Waals surface area contributed by atoms with Crippen molar-refractivity contribution in [3.63, 3.8) is 0 Å². The van der Waals surface area contributed by atoms with E-state index in [-0.39, 0.29) is 5.56 Å². The third-order valence-electron chi connectivity index (χ3n) is 1.83. The lowest BCUT2D eigenvalue weighted by molar-refractivity contribution is -0.326. The molecule has 100 valence electrons. The zero-order valence-electron chi connectivity index (χ0n) is 8.96. The van der Waals surface area contributed by atoms with Crippen LogP contribution in [-0.2, 0) is 9.47 Å². The lowest BCUT2D eigenvalue weighted by Gasteiger charge is -2.09. The van der Waals surface area contributed by atoms with Crippen molar-refractivity contribution in [2.24, 2.45) is 0 Å². The number of anilines is 1. The maximum atomic E-state index is 11.6. The number of rotatable bonds is 4. The van der Waals surface area contributed by atoms with E-state index in [1.165, 1.54) is 12.1 Å². The van der Waals surface area contributed by atoms with Crippen molar-refractivity contribution in [2.45, 2.75) is 6.36 Å². The maximum Gasteiger partial charge on any atom is 0.522 e. The fourth-order valence-electron chi connectivity index (χ4n) is 1.08. The van der Waals surface area contributed by atoms with Crippen molar-refractivity contribution in [3.05, 3.63) is 28.2 Å². The molecule has 18 heavy (non-hydrogen) atoms. The second-order valence-corrected chi connectivity index (χ2v) is 3.93. The van der Waals surface area contributed by atoms with Gasteiger partial charge in [0.2, 0.25) is 0 Å². The smallest absolute Gasteiger partial charge is 0.460 e. The summed E-state index contributed by atoms with van der Waals surface area (Å²) in [4.78, 5) is 11.5. The molecule has 0 aliphatic rings. The van der Waals surface area contributed by atoms with Crippen molar-refractivity contribution >= 4 is 27.6 Å². The Balaban J connectivity index is 2.49. The largest absolute Gasteiger partial charge is 0.522 e. The van der Waals surface area contributed by atoms with Gasteiger partial charge in [-0.3, -0.25) is 4.74 Å². The van der Waals surface area contributed by atoms with E-state index in [0.717, 1.165) is 0 Å². The Morgan fingerprint density at radius 1 is 1.33 bits per heavy atom. The van der Waals surface area contributed by atoms with Crippen molar-refractivity contribution < 1.29 is 27.4 Å². The summed E-state index contributed by atoms with van der Waals surface area (Å²) < 4.78 is 43.3. The number of alkyl halides is 3. The van der Waals surface area contributed by atoms with E-state index in [4.69, 9.17) is 5.73 Å². The molecule has 0 aliphatic carbocycles. The fraction of sp³-hybridized carbons (Fsp3) is 0.300. The first-order chi connectivity index (χ1) is 8.31. The second kappa shape index (κ2) is 6.05. The number of carbonyl (C=O) groups excluding carboxylic acids is 1. The molecule has 4 nitrogen and oxygen atoms in total. The highest BCUT2D eigenvalue weighted by Crippen LogP contribution is 2.24. The summed E-state index contributed by atoms with van der Waals surface area (Å²) in [5, 5.41) is 0. The first-order valence-corrected chi connectivity index (χ1v) is 5.52. The van der Waals surface area contributed by atoms with Crippen molar-refractivity contribution in [3.8, 4) is 0 Å². The van der Waals surface area contributed by atoms with Crippen LogP contribution in [0.1, 0.15) is 10.4 Å². The van der Waals surface area contributed by atoms with E-state index in [2.05, 4.69) is 25.4 Å². The fourth-order valence-corrected chi connectivity index (χ4v) is 1.50. The Morgan fingerprint density at radius 2 is 2.00 bits per heavy atom. The molecular formula is C10H9BrF3NO3. The number of nitrogen functional groups attached to an aromatic ring is 1. The van der Waals surface area contributed by atoms with Crippen LogP contribution in [0.4, 0.5) is 18.9 Å². The Bertz CT molecular complexity index is 437. The normalized spacial score (nSPS) is 11.3. The minimum Gasteiger partial charge on any atom is -0.460 e. The summed E-state index contributed by atoms with van der Waals surface area (Å²) >= 11 is 3.08. The van der Waals surface area contributed by atoms with Gasteiger partial charge in [-0.25, -0.2) is 4.79 Å². The lowest BCUT2D eigenvalue weighted by atomic mass is 10.2. The van der Waals surface area contributed by atoms with Gasteiger partial charge in [0.05, 0.1) is 16.6 Å². The van der Waals surface area contributed by atoms with Crippen molar-refractivity contribution in [2.75, 3.05) is 18.9 Å². The Morgan fingerprint density at radius 3 is 2.61 bits per heavy atom. The molecule has 0 atom stereocenters. The van der Waals surface area contributed by atoms with Gasteiger partial charge in [0.25, 0.3) is 0 Å². The van der Waals surface area contributed by atoms with Crippen molar-refractivity contribution in [1.82, 2.24) is 0 Å². The molecule has 0 unspecified atom stereocenters. The van der Waals surface area contributed by atoms with Crippen LogP contribution in [0.3, 0.4) is 0 Å². The van der Waals surface area contributed by atoms with Crippen LogP contribution in [0.25, 0.3) is 0 Å². The predicted molar refractivity (Wildman–Crippen MR) is 60.8 cm³/mol. The summed E-state index contributed by atoms with van der Waals surface area (Å²) in [7, 11) is 0. The molecule has 0 aromatic heterocycles. The molecule has 0 saturated heterocycles. The zero-order chi connectivity index (χ0) is 13.8. The first kappa shape index (κ1) is 14.8. The standard InChI is InChI=1S/C10H9BrF3NO3/c11-8-6(2-1-3-7(8)15)9(16)17-4-5-18-10(12,13)14/h1-3H,4-5,15H2. The minimum absolute atomic E-state index is 0.141. The molecule has 0 amide bonds. The molecule has 1 aromatic carbocycles. The molecule has 0 spiro atoms. The maximum absolute atomic E-state index is 11.6. The molecular weight excluding hydrogens is 319 g/mol. The Labute approximate surface area is 109 Å². The topological polar surface area (TPSA) is 61.6 Å². The highest BCUT2D eigenvalue weighted by Gasteiger charge is 2.28. The first-order valence-electron chi connectivity index (χ1n) is 4.73. The number of benzene rings is 1.